The molecule has 0 aromatic carbocycles. The van der Waals surface area contributed by atoms with Crippen LogP contribution in [0.3, 0.4) is 0 Å². The fourth-order valence-corrected chi connectivity index (χ4v) is 0.766. The highest BCUT2D eigenvalue weighted by Crippen LogP contribution is 1.86. The average molecular weight is 202 g/mol. The zero-order valence-corrected chi connectivity index (χ0v) is 8.83. The summed E-state index contributed by atoms with van der Waals surface area (Å²) < 4.78 is 0. The quantitative estimate of drug-likeness (QED) is 0.565. The number of carbonyl (C=O) groups is 2. The number of aliphatic carboxylic acids is 1. The number of amides is 1. The molecule has 0 bridgehead atoms. The Kier molecular flexibility index (Phi) is 5.87. The van der Waals surface area contributed by atoms with Gasteiger partial charge in [-0.1, -0.05) is 6.92 Å². The van der Waals surface area contributed by atoms with E-state index < -0.39 is 12.0 Å². The summed E-state index contributed by atoms with van der Waals surface area (Å²) >= 11 is 0. The lowest BCUT2D eigenvalue weighted by molar-refractivity contribution is -0.141. The number of carbonyl (C=O) groups excluding carboxylic acids is 1. The van der Waals surface area contributed by atoms with Crippen LogP contribution in [0.25, 0.3) is 0 Å². The Labute approximate surface area is 83.9 Å². The highest BCUT2D eigenvalue weighted by molar-refractivity contribution is 5.84. The van der Waals surface area contributed by atoms with Crippen LogP contribution in [0.4, 0.5) is 0 Å². The smallest absolute Gasteiger partial charge is 0.325 e. The minimum Gasteiger partial charge on any atom is -0.480 e. The van der Waals surface area contributed by atoms with Crippen LogP contribution in [0.1, 0.15) is 27.2 Å². The number of hydrogen-bond acceptors (Lipinski definition) is 3. The largest absolute Gasteiger partial charge is 0.480 e. The molecule has 0 radical (unpaired) electrons. The van der Waals surface area contributed by atoms with Gasteiger partial charge in [0.15, 0.2) is 0 Å². The number of rotatable bonds is 6. The van der Waals surface area contributed by atoms with Crippen molar-refractivity contribution in [2.75, 3.05) is 6.54 Å². The van der Waals surface area contributed by atoms with E-state index in [1.165, 1.54) is 6.92 Å². The molecule has 0 aliphatic carbocycles. The van der Waals surface area contributed by atoms with Gasteiger partial charge >= 0.3 is 5.97 Å². The van der Waals surface area contributed by atoms with E-state index in [0.717, 1.165) is 6.42 Å². The molecule has 0 aliphatic rings. The van der Waals surface area contributed by atoms with Crippen molar-refractivity contribution in [3.8, 4) is 0 Å². The van der Waals surface area contributed by atoms with E-state index in [9.17, 15) is 9.59 Å². The average Bonchev–Trinajstić information content (AvgIpc) is 2.13. The molecule has 0 aliphatic heterocycles. The molecule has 0 heterocycles. The molecule has 5 heteroatoms. The summed E-state index contributed by atoms with van der Waals surface area (Å²) in [7, 11) is 0. The number of nitrogens with one attached hydrogen (secondary N) is 2. The second kappa shape index (κ2) is 6.37. The third-order valence-corrected chi connectivity index (χ3v) is 1.97. The third kappa shape index (κ3) is 5.53. The molecule has 0 fully saturated rings. The topological polar surface area (TPSA) is 78.4 Å². The third-order valence-electron chi connectivity index (χ3n) is 1.97. The van der Waals surface area contributed by atoms with Crippen molar-refractivity contribution in [3.05, 3.63) is 0 Å². The summed E-state index contributed by atoms with van der Waals surface area (Å²) in [5.41, 5.74) is 0. The van der Waals surface area contributed by atoms with E-state index in [1.807, 2.05) is 13.8 Å². The molecule has 0 spiro atoms. The number of hydrogen-bond donors (Lipinski definition) is 3. The minimum atomic E-state index is -1.03. The summed E-state index contributed by atoms with van der Waals surface area (Å²) in [6.07, 6.45) is 0.932. The van der Waals surface area contributed by atoms with E-state index in [-0.39, 0.29) is 18.5 Å². The van der Waals surface area contributed by atoms with Crippen molar-refractivity contribution < 1.29 is 14.7 Å². The molecule has 1 unspecified atom stereocenters. The van der Waals surface area contributed by atoms with Gasteiger partial charge in [-0.15, -0.1) is 0 Å². The molecule has 0 saturated carbocycles. The van der Waals surface area contributed by atoms with Crippen LogP contribution in [0.15, 0.2) is 0 Å². The SMILES string of the molecule is CCC(C)NCC(=O)N[C@H](C)C(=O)O. The summed E-state index contributed by atoms with van der Waals surface area (Å²) in [6.45, 7) is 5.57. The Morgan fingerprint density at radius 3 is 2.36 bits per heavy atom. The molecule has 82 valence electrons. The van der Waals surface area contributed by atoms with Crippen molar-refractivity contribution >= 4 is 11.9 Å². The van der Waals surface area contributed by atoms with Crippen molar-refractivity contribution in [3.63, 3.8) is 0 Å². The monoisotopic (exact) mass is 202 g/mol. The summed E-state index contributed by atoms with van der Waals surface area (Å²) in [5, 5.41) is 13.8. The fraction of sp³-hybridized carbons (Fsp3) is 0.778. The first-order chi connectivity index (χ1) is 6.47. The first-order valence-electron chi connectivity index (χ1n) is 4.73. The first kappa shape index (κ1) is 12.9. The second-order valence-corrected chi connectivity index (χ2v) is 3.32. The van der Waals surface area contributed by atoms with Gasteiger partial charge in [0, 0.05) is 6.04 Å². The zero-order valence-electron chi connectivity index (χ0n) is 8.83. The van der Waals surface area contributed by atoms with Gasteiger partial charge in [-0.25, -0.2) is 0 Å². The first-order valence-corrected chi connectivity index (χ1v) is 4.73. The van der Waals surface area contributed by atoms with Crippen LogP contribution in [0.2, 0.25) is 0 Å². The molecule has 3 N–H and O–H groups in total. The molecule has 0 aromatic heterocycles. The molecule has 0 saturated heterocycles. The molecule has 1 amide bonds. The van der Waals surface area contributed by atoms with E-state index in [0.29, 0.717) is 0 Å². The van der Waals surface area contributed by atoms with Gasteiger partial charge in [0.25, 0.3) is 0 Å². The maximum atomic E-state index is 11.1. The molecule has 2 atom stereocenters. The van der Waals surface area contributed by atoms with Gasteiger partial charge < -0.3 is 15.7 Å². The number of carboxylic acid groups (broad SMARTS) is 1. The Morgan fingerprint density at radius 2 is 1.93 bits per heavy atom. The van der Waals surface area contributed by atoms with Crippen molar-refractivity contribution in [1.82, 2.24) is 10.6 Å². The predicted molar refractivity (Wildman–Crippen MR) is 53.0 cm³/mol. The Bertz CT molecular complexity index is 206. The maximum absolute atomic E-state index is 11.1. The number of carboxylic acids is 1. The van der Waals surface area contributed by atoms with Gasteiger partial charge in [-0.05, 0) is 20.3 Å². The molecule has 0 rings (SSSR count). The van der Waals surface area contributed by atoms with Crippen molar-refractivity contribution in [2.24, 2.45) is 0 Å². The normalized spacial score (nSPS) is 14.5. The van der Waals surface area contributed by atoms with E-state index in [1.54, 1.807) is 0 Å². The van der Waals surface area contributed by atoms with Gasteiger partial charge in [-0.3, -0.25) is 9.59 Å². The molecule has 0 aromatic rings. The van der Waals surface area contributed by atoms with Crippen LogP contribution in [0.5, 0.6) is 0 Å². The van der Waals surface area contributed by atoms with Gasteiger partial charge in [0.1, 0.15) is 6.04 Å². The van der Waals surface area contributed by atoms with Crippen LogP contribution in [0, 0.1) is 0 Å². The second-order valence-electron chi connectivity index (χ2n) is 3.32. The van der Waals surface area contributed by atoms with Crippen LogP contribution in [-0.2, 0) is 9.59 Å². The highest BCUT2D eigenvalue weighted by atomic mass is 16.4. The van der Waals surface area contributed by atoms with Gasteiger partial charge in [-0.2, -0.15) is 0 Å². The Morgan fingerprint density at radius 1 is 1.36 bits per heavy atom. The van der Waals surface area contributed by atoms with E-state index in [2.05, 4.69) is 10.6 Å². The van der Waals surface area contributed by atoms with E-state index >= 15 is 0 Å². The van der Waals surface area contributed by atoms with Gasteiger partial charge in [0.2, 0.25) is 5.91 Å². The predicted octanol–water partition coefficient (Wildman–Crippen LogP) is -0.0362. The summed E-state index contributed by atoms with van der Waals surface area (Å²) in [5.74, 6) is -1.32. The Hall–Kier alpha value is -1.10. The lowest BCUT2D eigenvalue weighted by Crippen LogP contribution is -2.44. The summed E-state index contributed by atoms with van der Waals surface area (Å²) in [4.78, 5) is 21.5. The molecular formula is C9H18N2O3. The van der Waals surface area contributed by atoms with Gasteiger partial charge in [0.05, 0.1) is 6.54 Å². The van der Waals surface area contributed by atoms with Crippen molar-refractivity contribution in [1.29, 1.82) is 0 Å². The van der Waals surface area contributed by atoms with Crippen LogP contribution < -0.4 is 10.6 Å². The van der Waals surface area contributed by atoms with Crippen LogP contribution in [-0.4, -0.2) is 35.6 Å². The van der Waals surface area contributed by atoms with E-state index in [4.69, 9.17) is 5.11 Å². The highest BCUT2D eigenvalue weighted by Gasteiger charge is 2.13. The fourth-order valence-electron chi connectivity index (χ4n) is 0.766. The molecule has 14 heavy (non-hydrogen) atoms. The standard InChI is InChI=1S/C9H18N2O3/c1-4-6(2)10-5-8(12)11-7(3)9(13)14/h6-7,10H,4-5H2,1-3H3,(H,11,12)(H,13,14)/t6?,7-/m1/s1. The lowest BCUT2D eigenvalue weighted by Gasteiger charge is -2.12. The molecule has 5 nitrogen and oxygen atoms in total. The van der Waals surface area contributed by atoms with Crippen LogP contribution >= 0.6 is 0 Å². The summed E-state index contributed by atoms with van der Waals surface area (Å²) in [6, 6.07) is -0.567. The molecular weight excluding hydrogens is 184 g/mol. The zero-order chi connectivity index (χ0) is 11.1. The lowest BCUT2D eigenvalue weighted by atomic mass is 10.2. The minimum absolute atomic E-state index is 0.159. The maximum Gasteiger partial charge on any atom is 0.325 e. The van der Waals surface area contributed by atoms with Crippen molar-refractivity contribution in [2.45, 2.75) is 39.3 Å². The Balaban J connectivity index is 3.71.